The van der Waals surface area contributed by atoms with E-state index >= 15 is 0 Å². The zero-order valence-electron chi connectivity index (χ0n) is 34.7. The lowest BCUT2D eigenvalue weighted by Crippen LogP contribution is -2.54. The first-order chi connectivity index (χ1) is 27.6. The van der Waals surface area contributed by atoms with E-state index < -0.39 is 15.9 Å². The maximum absolute atomic E-state index is 13.5. The first kappa shape index (κ1) is 43.6. The van der Waals surface area contributed by atoms with Crippen LogP contribution in [-0.4, -0.2) is 91.7 Å². The van der Waals surface area contributed by atoms with Gasteiger partial charge in [0, 0.05) is 47.4 Å². The number of nitrogens with zero attached hydrogens (tertiary/aromatic N) is 4. The number of rotatable bonds is 16. The minimum absolute atomic E-state index is 0.112. The highest BCUT2D eigenvalue weighted by Gasteiger charge is 2.48. The lowest BCUT2D eigenvalue weighted by molar-refractivity contribution is -0.140. The van der Waals surface area contributed by atoms with E-state index in [0.717, 1.165) is 48.0 Å². The van der Waals surface area contributed by atoms with E-state index in [1.807, 2.05) is 24.8 Å². The molecule has 0 spiro atoms. The van der Waals surface area contributed by atoms with Crippen LogP contribution in [0.1, 0.15) is 87.6 Å². The number of carbonyl (C=O) groups is 2. The highest BCUT2D eigenvalue weighted by atomic mass is 79.9. The van der Waals surface area contributed by atoms with Crippen LogP contribution < -0.4 is 20.3 Å². The van der Waals surface area contributed by atoms with E-state index in [9.17, 15) is 18.0 Å². The summed E-state index contributed by atoms with van der Waals surface area (Å²) in [6, 6.07) is 10.1. The van der Waals surface area contributed by atoms with Gasteiger partial charge in [-0.3, -0.25) is 15.1 Å². The third kappa shape index (κ3) is 10.8. The number of unbranched alkanes of at least 4 members (excludes halogenated alkanes) is 2. The largest absolute Gasteiger partial charge is 0.489 e. The van der Waals surface area contributed by atoms with Gasteiger partial charge in [-0.25, -0.2) is 18.2 Å². The highest BCUT2D eigenvalue weighted by Crippen LogP contribution is 2.53. The Bertz CT molecular complexity index is 2080. The van der Waals surface area contributed by atoms with Crippen molar-refractivity contribution >= 4 is 54.9 Å². The van der Waals surface area contributed by atoms with Crippen molar-refractivity contribution in [2.75, 3.05) is 59.9 Å². The van der Waals surface area contributed by atoms with Crippen LogP contribution in [0, 0.1) is 32.1 Å². The number of morpholine rings is 1. The van der Waals surface area contributed by atoms with E-state index in [1.54, 1.807) is 19.2 Å². The average molecular weight is 880 g/mol. The number of aromatic nitrogens is 2. The van der Waals surface area contributed by atoms with E-state index in [-0.39, 0.29) is 41.6 Å². The first-order valence-electron chi connectivity index (χ1n) is 20.6. The molecule has 1 aliphatic carbocycles. The molecule has 58 heavy (non-hydrogen) atoms. The van der Waals surface area contributed by atoms with Crippen molar-refractivity contribution in [2.45, 2.75) is 98.1 Å². The number of halogens is 1. The Hall–Kier alpha value is -4.01. The molecule has 314 valence electrons. The number of anilines is 3. The second-order valence-electron chi connectivity index (χ2n) is 16.7. The number of aryl methyl sites for hydroxylation is 3. The molecule has 3 amide bonds. The molecule has 3 aromatic rings. The molecule has 0 radical (unpaired) electrons. The molecule has 2 N–H and O–H groups in total. The van der Waals surface area contributed by atoms with Crippen molar-refractivity contribution in [2.24, 2.45) is 11.3 Å². The molecule has 0 bridgehead atoms. The van der Waals surface area contributed by atoms with Crippen LogP contribution in [0.4, 0.5) is 22.0 Å². The maximum Gasteiger partial charge on any atom is 0.325 e. The summed E-state index contributed by atoms with van der Waals surface area (Å²) in [6.45, 7) is 14.6. The Kier molecular flexibility index (Phi) is 14.2. The Morgan fingerprint density at radius 3 is 2.62 bits per heavy atom. The second-order valence-corrected chi connectivity index (χ2v) is 20.0. The van der Waals surface area contributed by atoms with Gasteiger partial charge in [-0.05, 0) is 87.1 Å². The normalized spacial score (nSPS) is 20.4. The van der Waals surface area contributed by atoms with Crippen molar-refractivity contribution in [3.05, 3.63) is 81.7 Å². The smallest absolute Gasteiger partial charge is 0.325 e. The average Bonchev–Trinajstić information content (AvgIpc) is 3.68. The molecule has 3 aliphatic rings. The van der Waals surface area contributed by atoms with Gasteiger partial charge >= 0.3 is 6.03 Å². The van der Waals surface area contributed by atoms with Crippen LogP contribution in [0.25, 0.3) is 0 Å². The Morgan fingerprint density at radius 2 is 1.86 bits per heavy atom. The van der Waals surface area contributed by atoms with Gasteiger partial charge in [0.05, 0.1) is 42.7 Å². The number of nitrogens with one attached hydrogen (secondary N) is 2. The summed E-state index contributed by atoms with van der Waals surface area (Å²) in [7, 11) is -3.08. The molecule has 6 rings (SSSR count). The zero-order chi connectivity index (χ0) is 41.6. The van der Waals surface area contributed by atoms with Crippen LogP contribution in [-0.2, 0) is 19.4 Å². The van der Waals surface area contributed by atoms with Crippen molar-refractivity contribution in [3.63, 3.8) is 0 Å². The maximum atomic E-state index is 13.5. The van der Waals surface area contributed by atoms with E-state index in [2.05, 4.69) is 92.6 Å². The second kappa shape index (κ2) is 18.9. The van der Waals surface area contributed by atoms with E-state index in [4.69, 9.17) is 9.47 Å². The number of sulfone groups is 1. The van der Waals surface area contributed by atoms with Gasteiger partial charge < -0.3 is 24.6 Å². The Labute approximate surface area is 352 Å². The van der Waals surface area contributed by atoms with Gasteiger partial charge in [-0.15, -0.1) is 0 Å². The molecule has 1 fully saturated rings. The van der Waals surface area contributed by atoms with Crippen LogP contribution >= 0.6 is 15.9 Å². The fraction of sp³-hybridized carbons (Fsp3) is 0.545. The number of urea groups is 1. The summed E-state index contributed by atoms with van der Waals surface area (Å²) in [5, 5.41) is 5.53. The number of amides is 3. The van der Waals surface area contributed by atoms with E-state index in [1.165, 1.54) is 23.0 Å². The van der Waals surface area contributed by atoms with Crippen LogP contribution in [0.3, 0.4) is 0 Å². The number of ether oxygens (including phenoxy) is 2. The predicted octanol–water partition coefficient (Wildman–Crippen LogP) is 8.37. The number of carbonyl (C=O) groups excluding carboxylic acids is 2. The minimum atomic E-state index is -3.08. The Morgan fingerprint density at radius 1 is 1.05 bits per heavy atom. The van der Waals surface area contributed by atoms with Crippen LogP contribution in [0.2, 0.25) is 0 Å². The summed E-state index contributed by atoms with van der Waals surface area (Å²) in [4.78, 5) is 39.1. The summed E-state index contributed by atoms with van der Waals surface area (Å²) in [6.07, 6.45) is 12.1. The summed E-state index contributed by atoms with van der Waals surface area (Å²) >= 11 is 3.55. The number of allylic oxidation sites excluding steroid dienone is 2. The standard InChI is InChI=1S/C44H59BrN6O6S/c1-7-58(54,55)21-17-44(5,6)42-34-13-11-12-33(34)35-22-29(2)15-16-38(35)51(42)18-10-8-9-14-41(52)50-19-20-56-32(27-50)28-57-39-23-30(3)36(45)24-37(39)48-43(53)49-40-26-46-31(4)25-47-40/h11-12,15-16,22-26,32-34,42H,7-10,13-14,17-21,27-28H2,1-6H3,(H2,47,48,49,53)/t32-,33?,34?,42?/m0/s1. The third-order valence-corrected chi connectivity index (χ3v) is 14.4. The predicted molar refractivity (Wildman–Crippen MR) is 234 cm³/mol. The summed E-state index contributed by atoms with van der Waals surface area (Å²) in [5.41, 5.74) is 5.82. The summed E-state index contributed by atoms with van der Waals surface area (Å²) in [5.74, 6) is 2.03. The molecular weight excluding hydrogens is 820 g/mol. The number of benzene rings is 2. The van der Waals surface area contributed by atoms with Crippen LogP contribution in [0.15, 0.2) is 59.4 Å². The fourth-order valence-corrected chi connectivity index (χ4v) is 10.1. The molecule has 14 heteroatoms. The van der Waals surface area contributed by atoms with Crippen molar-refractivity contribution < 1.29 is 27.5 Å². The highest BCUT2D eigenvalue weighted by molar-refractivity contribution is 9.10. The quantitative estimate of drug-likeness (QED) is 0.107. The molecule has 2 aliphatic heterocycles. The molecule has 2 aromatic carbocycles. The molecule has 3 unspecified atom stereocenters. The molecular formula is C44H59BrN6O6S. The lowest BCUT2D eigenvalue weighted by Gasteiger charge is -2.52. The number of hydrogen-bond donors (Lipinski definition) is 2. The van der Waals surface area contributed by atoms with Crippen molar-refractivity contribution in [1.82, 2.24) is 14.9 Å². The Balaban J connectivity index is 1.02. The van der Waals surface area contributed by atoms with Gasteiger partial charge in [0.1, 0.15) is 28.3 Å². The molecule has 3 heterocycles. The first-order valence-corrected chi connectivity index (χ1v) is 23.2. The SMILES string of the molecule is CCS(=O)(=O)CCC(C)(C)C1C2CC=CC2c2cc(C)ccc2N1CCCCCC(=O)N1CCO[C@H](COc2cc(C)c(Br)cc2NC(=O)Nc2cnc(C)cn2)C1. The van der Waals surface area contributed by atoms with Gasteiger partial charge in [0.15, 0.2) is 5.82 Å². The number of hydrogen-bond acceptors (Lipinski definition) is 9. The van der Waals surface area contributed by atoms with Gasteiger partial charge in [-0.1, -0.05) is 73.0 Å². The molecule has 12 nitrogen and oxygen atoms in total. The molecule has 0 saturated carbocycles. The van der Waals surface area contributed by atoms with Crippen LogP contribution in [0.5, 0.6) is 5.75 Å². The number of fused-ring (bicyclic) bond motifs is 3. The molecule has 1 aromatic heterocycles. The third-order valence-electron chi connectivity index (χ3n) is 11.8. The van der Waals surface area contributed by atoms with Gasteiger partial charge in [0.25, 0.3) is 0 Å². The fourth-order valence-electron chi connectivity index (χ4n) is 8.61. The van der Waals surface area contributed by atoms with Gasteiger partial charge in [-0.2, -0.15) is 0 Å². The van der Waals surface area contributed by atoms with Gasteiger partial charge in [0.2, 0.25) is 5.91 Å². The molecule has 4 atom stereocenters. The lowest BCUT2D eigenvalue weighted by atomic mass is 9.67. The molecule has 1 saturated heterocycles. The van der Waals surface area contributed by atoms with E-state index in [0.29, 0.717) is 61.6 Å². The minimum Gasteiger partial charge on any atom is -0.489 e. The van der Waals surface area contributed by atoms with Crippen molar-refractivity contribution in [1.29, 1.82) is 0 Å². The zero-order valence-corrected chi connectivity index (χ0v) is 37.1. The topological polar surface area (TPSA) is 143 Å². The summed E-state index contributed by atoms with van der Waals surface area (Å²) < 4.78 is 38.3. The monoisotopic (exact) mass is 878 g/mol. The van der Waals surface area contributed by atoms with Crippen molar-refractivity contribution in [3.8, 4) is 5.75 Å².